The summed E-state index contributed by atoms with van der Waals surface area (Å²) in [6.07, 6.45) is 0. The first kappa shape index (κ1) is 6.61. The van der Waals surface area contributed by atoms with Crippen LogP contribution in [0.25, 0.3) is 0 Å². The van der Waals surface area contributed by atoms with E-state index in [1.165, 1.54) is 0 Å². The van der Waals surface area contributed by atoms with Gasteiger partial charge in [-0.25, -0.2) is 0 Å². The SMILES string of the molecule is O=C(O)[As](Cl)Cl. The number of carbonyl (C=O) groups is 1. The van der Waals surface area contributed by atoms with Crippen molar-refractivity contribution in [2.75, 3.05) is 0 Å². The van der Waals surface area contributed by atoms with Crippen LogP contribution in [0.4, 0.5) is 4.79 Å². The molecule has 0 bridgehead atoms. The van der Waals surface area contributed by atoms with E-state index in [1.54, 1.807) is 0 Å². The Labute approximate surface area is 47.6 Å². The molecule has 0 aliphatic heterocycles. The number of carboxylic acid groups (broad SMARTS) is 1. The second-order valence-electron chi connectivity index (χ2n) is 0.515. The average Bonchev–Trinajstić information content (AvgIpc) is 1.36. The first-order valence-corrected chi connectivity index (χ1v) is 6.86. The molecule has 5 heteroatoms. The van der Waals surface area contributed by atoms with Gasteiger partial charge in [0.1, 0.15) is 0 Å². The van der Waals surface area contributed by atoms with Gasteiger partial charge in [-0.05, 0) is 0 Å². The van der Waals surface area contributed by atoms with Crippen LogP contribution in [0.1, 0.15) is 0 Å². The van der Waals surface area contributed by atoms with Crippen molar-refractivity contribution in [3.8, 4) is 0 Å². The summed E-state index contributed by atoms with van der Waals surface area (Å²) in [5.74, 6) is 0. The molecule has 36 valence electrons. The Hall–Kier alpha value is 0.608. The van der Waals surface area contributed by atoms with Gasteiger partial charge in [0.2, 0.25) is 0 Å². The summed E-state index contributed by atoms with van der Waals surface area (Å²) < 4.78 is -1.06. The summed E-state index contributed by atoms with van der Waals surface area (Å²) in [6.45, 7) is 0. The van der Waals surface area contributed by atoms with Gasteiger partial charge in [0.15, 0.2) is 0 Å². The third-order valence-corrected chi connectivity index (χ3v) is 2.25. The van der Waals surface area contributed by atoms with E-state index in [0.717, 1.165) is 0 Å². The van der Waals surface area contributed by atoms with Crippen LogP contribution in [0, 0.1) is 0 Å². The molecule has 0 saturated carbocycles. The van der Waals surface area contributed by atoms with Gasteiger partial charge in [-0.2, -0.15) is 0 Å². The van der Waals surface area contributed by atoms with E-state index in [9.17, 15) is 4.79 Å². The molecule has 0 saturated heterocycles. The molecule has 0 amide bonds. The molecule has 0 unspecified atom stereocenters. The van der Waals surface area contributed by atoms with E-state index in [-0.39, 0.29) is 0 Å². The summed E-state index contributed by atoms with van der Waals surface area (Å²) in [7, 11) is 9.85. The molecule has 2 nitrogen and oxygen atoms in total. The molecule has 0 aliphatic carbocycles. The monoisotopic (exact) mass is 190 g/mol. The fraction of sp³-hybridized carbons (Fsp3) is 0. The predicted molar refractivity (Wildman–Crippen MR) is 25.5 cm³/mol. The van der Waals surface area contributed by atoms with Crippen LogP contribution >= 0.6 is 19.9 Å². The Bertz CT molecular complexity index is 62.6. The zero-order valence-electron chi connectivity index (χ0n) is 2.56. The van der Waals surface area contributed by atoms with E-state index < -0.39 is 17.5 Å². The Morgan fingerprint density at radius 1 is 1.67 bits per heavy atom. The molecule has 0 heterocycles. The van der Waals surface area contributed by atoms with Crippen molar-refractivity contribution in [1.29, 1.82) is 0 Å². The first-order chi connectivity index (χ1) is 2.64. The van der Waals surface area contributed by atoms with Gasteiger partial charge < -0.3 is 0 Å². The van der Waals surface area contributed by atoms with E-state index in [1.807, 2.05) is 0 Å². The quantitative estimate of drug-likeness (QED) is 0.632. The number of rotatable bonds is 1. The van der Waals surface area contributed by atoms with Crippen molar-refractivity contribution in [2.45, 2.75) is 0 Å². The van der Waals surface area contributed by atoms with Crippen LogP contribution in [0.2, 0.25) is 0 Å². The number of hydrogen-bond donors (Lipinski definition) is 1. The van der Waals surface area contributed by atoms with Gasteiger partial charge in [0.25, 0.3) is 0 Å². The molecule has 0 aliphatic rings. The molecule has 1 N–H and O–H groups in total. The molecule has 0 fully saturated rings. The maximum absolute atomic E-state index is 9.50. The van der Waals surface area contributed by atoms with E-state index in [2.05, 4.69) is 0 Å². The van der Waals surface area contributed by atoms with E-state index in [4.69, 9.17) is 25.0 Å². The van der Waals surface area contributed by atoms with Crippen LogP contribution in [-0.2, 0) is 0 Å². The van der Waals surface area contributed by atoms with Crippen LogP contribution < -0.4 is 0 Å². The molecule has 0 aromatic carbocycles. The third kappa shape index (κ3) is 2.83. The topological polar surface area (TPSA) is 37.3 Å². The maximum atomic E-state index is 9.50. The third-order valence-electron chi connectivity index (χ3n) is 0.145. The Morgan fingerprint density at radius 2 is 1.83 bits per heavy atom. The van der Waals surface area contributed by atoms with Crippen molar-refractivity contribution in [3.05, 3.63) is 0 Å². The molecular formula is CHAsCl2O2. The summed E-state index contributed by atoms with van der Waals surface area (Å²) in [5, 5.41) is 7.79. The average molecular weight is 191 g/mol. The molecule has 0 rings (SSSR count). The Balaban J connectivity index is 3.26. The van der Waals surface area contributed by atoms with Crippen LogP contribution in [0.3, 0.4) is 0 Å². The molecule has 0 aromatic heterocycles. The molecule has 0 spiro atoms. The Morgan fingerprint density at radius 3 is 1.83 bits per heavy atom. The van der Waals surface area contributed by atoms with Gasteiger partial charge in [0, 0.05) is 0 Å². The summed E-state index contributed by atoms with van der Waals surface area (Å²) in [6, 6.07) is 0. The molecule has 6 heavy (non-hydrogen) atoms. The summed E-state index contributed by atoms with van der Waals surface area (Å²) >= 11 is -2.44. The van der Waals surface area contributed by atoms with Crippen LogP contribution in [-0.4, -0.2) is 22.6 Å². The molecule has 0 aromatic rings. The summed E-state index contributed by atoms with van der Waals surface area (Å²) in [4.78, 5) is 9.50. The molecule has 0 atom stereocenters. The van der Waals surface area contributed by atoms with E-state index >= 15 is 0 Å². The predicted octanol–water partition coefficient (Wildman–Crippen LogP) is 1.21. The van der Waals surface area contributed by atoms with Crippen molar-refractivity contribution in [3.63, 3.8) is 0 Å². The zero-order valence-corrected chi connectivity index (χ0v) is 5.95. The van der Waals surface area contributed by atoms with Crippen molar-refractivity contribution < 1.29 is 9.90 Å². The van der Waals surface area contributed by atoms with Gasteiger partial charge in [-0.1, -0.05) is 0 Å². The normalized spacial score (nSPS) is 9.17. The van der Waals surface area contributed by atoms with Crippen molar-refractivity contribution in [1.82, 2.24) is 0 Å². The van der Waals surface area contributed by atoms with Crippen LogP contribution in [0.15, 0.2) is 0 Å². The van der Waals surface area contributed by atoms with Gasteiger partial charge in [-0.3, -0.25) is 0 Å². The summed E-state index contributed by atoms with van der Waals surface area (Å²) in [5.41, 5.74) is 0. The minimum absolute atomic E-state index is 1.06. The van der Waals surface area contributed by atoms with Gasteiger partial charge in [-0.15, -0.1) is 0 Å². The second-order valence-corrected chi connectivity index (χ2v) is 6.71. The van der Waals surface area contributed by atoms with E-state index in [0.29, 0.717) is 0 Å². The zero-order chi connectivity index (χ0) is 5.15. The fourth-order valence-electron chi connectivity index (χ4n) is 0. The van der Waals surface area contributed by atoms with Gasteiger partial charge in [0.05, 0.1) is 0 Å². The fourth-order valence-corrected chi connectivity index (χ4v) is 0. The first-order valence-electron chi connectivity index (χ1n) is 0.989. The molecule has 0 radical (unpaired) electrons. The molecular weight excluding hydrogens is 190 g/mol. The minimum atomic E-state index is -2.44. The number of halogens is 2. The van der Waals surface area contributed by atoms with Gasteiger partial charge >= 0.3 is 47.3 Å². The Kier molecular flexibility index (Phi) is 3.00. The van der Waals surface area contributed by atoms with Crippen molar-refractivity contribution >= 4 is 37.4 Å². The second kappa shape index (κ2) is 2.73. The van der Waals surface area contributed by atoms with Crippen LogP contribution in [0.5, 0.6) is 0 Å². The standard InChI is InChI=1S/CHAsCl2O2/c3-2(4)1(5)6/h(H,5,6). The number of hydrogen-bond acceptors (Lipinski definition) is 1. The van der Waals surface area contributed by atoms with Crippen molar-refractivity contribution in [2.24, 2.45) is 0 Å².